The van der Waals surface area contributed by atoms with Gasteiger partial charge in [0, 0.05) is 12.1 Å². The van der Waals surface area contributed by atoms with Gasteiger partial charge in [-0.2, -0.15) is 8.78 Å². The molecule has 0 radical (unpaired) electrons. The Bertz CT molecular complexity index is 787. The first-order valence-electron chi connectivity index (χ1n) is 8.36. The average molecular weight is 377 g/mol. The summed E-state index contributed by atoms with van der Waals surface area (Å²) in [6.07, 6.45) is 0.669. The number of amides is 1. The number of nitrogens with one attached hydrogen (secondary N) is 1. The highest BCUT2D eigenvalue weighted by molar-refractivity contribution is 5.91. The van der Waals surface area contributed by atoms with Crippen molar-refractivity contribution >= 4 is 17.6 Å². The summed E-state index contributed by atoms with van der Waals surface area (Å²) in [5, 5.41) is 12.0. The summed E-state index contributed by atoms with van der Waals surface area (Å²) in [5.41, 5.74) is 1.03. The number of aryl methyl sites for hydroxylation is 1. The number of alkyl halides is 2. The Morgan fingerprint density at radius 1 is 1.07 bits per heavy atom. The maximum absolute atomic E-state index is 12.1. The molecule has 7 heteroatoms. The van der Waals surface area contributed by atoms with Gasteiger partial charge in [0.15, 0.2) is 0 Å². The summed E-state index contributed by atoms with van der Waals surface area (Å²) < 4.78 is 28.5. The van der Waals surface area contributed by atoms with Crippen molar-refractivity contribution in [2.75, 3.05) is 5.32 Å². The topological polar surface area (TPSA) is 75.6 Å². The van der Waals surface area contributed by atoms with Gasteiger partial charge in [-0.05, 0) is 55.7 Å². The minimum Gasteiger partial charge on any atom is -0.481 e. The van der Waals surface area contributed by atoms with Gasteiger partial charge in [0.2, 0.25) is 5.91 Å². The first-order chi connectivity index (χ1) is 12.7. The van der Waals surface area contributed by atoms with E-state index in [1.807, 2.05) is 0 Å². The lowest BCUT2D eigenvalue weighted by Crippen LogP contribution is -2.28. The first kappa shape index (κ1) is 20.4. The third-order valence-electron chi connectivity index (χ3n) is 4.21. The Morgan fingerprint density at radius 2 is 1.67 bits per heavy atom. The van der Waals surface area contributed by atoms with Crippen molar-refractivity contribution in [3.63, 3.8) is 0 Å². The predicted molar refractivity (Wildman–Crippen MR) is 97.1 cm³/mol. The lowest BCUT2D eigenvalue weighted by molar-refractivity contribution is -0.142. The number of ether oxygens (including phenoxy) is 1. The van der Waals surface area contributed by atoms with E-state index in [9.17, 15) is 23.5 Å². The van der Waals surface area contributed by atoms with Crippen molar-refractivity contribution in [2.45, 2.75) is 38.7 Å². The maximum Gasteiger partial charge on any atom is 0.387 e. The van der Waals surface area contributed by atoms with E-state index in [-0.39, 0.29) is 18.1 Å². The molecule has 0 heterocycles. The number of rotatable bonds is 8. The van der Waals surface area contributed by atoms with Crippen LogP contribution in [-0.4, -0.2) is 23.6 Å². The lowest BCUT2D eigenvalue weighted by atomic mass is 9.85. The minimum absolute atomic E-state index is 0.0718. The second-order valence-corrected chi connectivity index (χ2v) is 6.58. The molecule has 0 unspecified atom stereocenters. The minimum atomic E-state index is -2.87. The standard InChI is InChI=1S/C20H21F2NO4/c1-20(2,18(25)26)14-6-8-15(9-7-14)23-17(24)12-5-13-3-10-16(11-4-13)27-19(21)22/h3-4,6-11,19H,5,12H2,1-2H3,(H,23,24)(H,25,26). The van der Waals surface area contributed by atoms with Crippen LogP contribution in [0.25, 0.3) is 0 Å². The summed E-state index contributed by atoms with van der Waals surface area (Å²) in [6.45, 7) is 0.357. The molecule has 0 bridgehead atoms. The number of aliphatic carboxylic acids is 1. The van der Waals surface area contributed by atoms with Crippen LogP contribution in [0, 0.1) is 0 Å². The molecule has 0 aliphatic heterocycles. The maximum atomic E-state index is 12.1. The van der Waals surface area contributed by atoms with Crippen LogP contribution in [0.5, 0.6) is 5.75 Å². The summed E-state index contributed by atoms with van der Waals surface area (Å²) in [6, 6.07) is 12.8. The summed E-state index contributed by atoms with van der Waals surface area (Å²) in [7, 11) is 0. The molecule has 0 atom stereocenters. The van der Waals surface area contributed by atoms with Gasteiger partial charge in [-0.25, -0.2) is 0 Å². The third kappa shape index (κ3) is 5.77. The van der Waals surface area contributed by atoms with E-state index in [0.29, 0.717) is 17.7 Å². The Morgan fingerprint density at radius 3 is 2.19 bits per heavy atom. The van der Waals surface area contributed by atoms with E-state index in [1.165, 1.54) is 12.1 Å². The van der Waals surface area contributed by atoms with Crippen molar-refractivity contribution in [3.05, 3.63) is 59.7 Å². The zero-order chi connectivity index (χ0) is 20.0. The molecule has 0 aromatic heterocycles. The van der Waals surface area contributed by atoms with E-state index >= 15 is 0 Å². The molecule has 0 fully saturated rings. The molecule has 0 aliphatic carbocycles. The zero-order valence-corrected chi connectivity index (χ0v) is 15.0. The fraction of sp³-hybridized carbons (Fsp3) is 0.300. The normalized spacial score (nSPS) is 11.3. The first-order valence-corrected chi connectivity index (χ1v) is 8.36. The number of carbonyl (C=O) groups is 2. The van der Waals surface area contributed by atoms with Crippen LogP contribution < -0.4 is 10.1 Å². The van der Waals surface area contributed by atoms with Crippen LogP contribution in [0.3, 0.4) is 0 Å². The fourth-order valence-electron chi connectivity index (χ4n) is 2.41. The van der Waals surface area contributed by atoms with Crippen molar-refractivity contribution in [1.29, 1.82) is 0 Å². The van der Waals surface area contributed by atoms with Gasteiger partial charge in [-0.1, -0.05) is 24.3 Å². The van der Waals surface area contributed by atoms with Gasteiger partial charge in [0.25, 0.3) is 0 Å². The molecule has 1 amide bonds. The molecule has 27 heavy (non-hydrogen) atoms. The van der Waals surface area contributed by atoms with Gasteiger partial charge in [-0.3, -0.25) is 9.59 Å². The Balaban J connectivity index is 1.88. The number of benzene rings is 2. The number of carboxylic acids is 1. The number of carbonyl (C=O) groups excluding carboxylic acids is 1. The van der Waals surface area contributed by atoms with Crippen LogP contribution in [0.4, 0.5) is 14.5 Å². The Hall–Kier alpha value is -2.96. The van der Waals surface area contributed by atoms with Crippen molar-refractivity contribution in [1.82, 2.24) is 0 Å². The smallest absolute Gasteiger partial charge is 0.387 e. The second-order valence-electron chi connectivity index (χ2n) is 6.58. The molecule has 2 N–H and O–H groups in total. The highest BCUT2D eigenvalue weighted by Gasteiger charge is 2.29. The average Bonchev–Trinajstić information content (AvgIpc) is 2.61. The molecule has 0 spiro atoms. The molecule has 0 aliphatic rings. The highest BCUT2D eigenvalue weighted by atomic mass is 19.3. The van der Waals surface area contributed by atoms with Crippen molar-refractivity contribution < 1.29 is 28.2 Å². The van der Waals surface area contributed by atoms with Crippen LogP contribution >= 0.6 is 0 Å². The van der Waals surface area contributed by atoms with E-state index in [0.717, 1.165) is 5.56 Å². The quantitative estimate of drug-likeness (QED) is 0.722. The fourth-order valence-corrected chi connectivity index (χ4v) is 2.41. The van der Waals surface area contributed by atoms with Gasteiger partial charge in [-0.15, -0.1) is 0 Å². The molecule has 5 nitrogen and oxygen atoms in total. The number of anilines is 1. The molecule has 0 saturated carbocycles. The molecule has 2 aromatic carbocycles. The summed E-state index contributed by atoms with van der Waals surface area (Å²) in [4.78, 5) is 23.3. The molecular weight excluding hydrogens is 356 g/mol. The summed E-state index contributed by atoms with van der Waals surface area (Å²) in [5.74, 6) is -1.06. The highest BCUT2D eigenvalue weighted by Crippen LogP contribution is 2.25. The predicted octanol–water partition coefficient (Wildman–Crippen LogP) is 4.22. The lowest BCUT2D eigenvalue weighted by Gasteiger charge is -2.19. The van der Waals surface area contributed by atoms with E-state index < -0.39 is 18.0 Å². The second kappa shape index (κ2) is 8.62. The van der Waals surface area contributed by atoms with Gasteiger partial charge < -0.3 is 15.2 Å². The van der Waals surface area contributed by atoms with Gasteiger partial charge in [0.05, 0.1) is 5.41 Å². The SMILES string of the molecule is CC(C)(C(=O)O)c1ccc(NC(=O)CCc2ccc(OC(F)F)cc2)cc1. The number of hydrogen-bond donors (Lipinski definition) is 2. The summed E-state index contributed by atoms with van der Waals surface area (Å²) >= 11 is 0. The van der Waals surface area contributed by atoms with E-state index in [4.69, 9.17) is 0 Å². The van der Waals surface area contributed by atoms with Crippen molar-refractivity contribution in [2.24, 2.45) is 0 Å². The monoisotopic (exact) mass is 377 g/mol. The third-order valence-corrected chi connectivity index (χ3v) is 4.21. The molecule has 144 valence electrons. The Labute approximate surface area is 156 Å². The van der Waals surface area contributed by atoms with Crippen molar-refractivity contribution in [3.8, 4) is 5.75 Å². The van der Waals surface area contributed by atoms with Crippen LogP contribution in [0.15, 0.2) is 48.5 Å². The van der Waals surface area contributed by atoms with Crippen LogP contribution in [-0.2, 0) is 21.4 Å². The number of halogens is 2. The van der Waals surface area contributed by atoms with Crippen LogP contribution in [0.1, 0.15) is 31.4 Å². The Kier molecular flexibility index (Phi) is 6.50. The zero-order valence-electron chi connectivity index (χ0n) is 15.0. The van der Waals surface area contributed by atoms with Gasteiger partial charge in [0.1, 0.15) is 5.75 Å². The van der Waals surface area contributed by atoms with E-state index in [2.05, 4.69) is 10.1 Å². The van der Waals surface area contributed by atoms with E-state index in [1.54, 1.807) is 50.2 Å². The molecule has 0 saturated heterocycles. The number of hydrogen-bond acceptors (Lipinski definition) is 3. The molecule has 2 aromatic rings. The van der Waals surface area contributed by atoms with Gasteiger partial charge >= 0.3 is 12.6 Å². The molecular formula is C20H21F2NO4. The molecule has 2 rings (SSSR count). The number of carboxylic acid groups (broad SMARTS) is 1. The van der Waals surface area contributed by atoms with Crippen LogP contribution in [0.2, 0.25) is 0 Å². The largest absolute Gasteiger partial charge is 0.481 e.